The summed E-state index contributed by atoms with van der Waals surface area (Å²) >= 11 is 0. The van der Waals surface area contributed by atoms with E-state index in [9.17, 15) is 28.9 Å². The molecule has 1 fully saturated rings. The normalized spacial score (nSPS) is 15.5. The molecule has 1 aliphatic heterocycles. The van der Waals surface area contributed by atoms with E-state index in [1.807, 2.05) is 0 Å². The number of hydrogen-bond donors (Lipinski definition) is 0. The van der Waals surface area contributed by atoms with E-state index in [-0.39, 0.29) is 24.2 Å². The Morgan fingerprint density at radius 3 is 2.39 bits per heavy atom. The van der Waals surface area contributed by atoms with Gasteiger partial charge in [0.1, 0.15) is 11.9 Å². The van der Waals surface area contributed by atoms with Crippen molar-refractivity contribution in [2.24, 2.45) is 0 Å². The van der Waals surface area contributed by atoms with Gasteiger partial charge in [-0.1, -0.05) is 36.4 Å². The fraction of sp³-hybridized carbons (Fsp3) is 0.125. The van der Waals surface area contributed by atoms with E-state index >= 15 is 0 Å². The predicted octanol–water partition coefficient (Wildman–Crippen LogP) is 3.71. The van der Waals surface area contributed by atoms with Gasteiger partial charge in [0.05, 0.1) is 17.0 Å². The van der Waals surface area contributed by atoms with Crippen molar-refractivity contribution >= 4 is 29.1 Å². The highest BCUT2D eigenvalue weighted by Gasteiger charge is 2.44. The second-order valence-corrected chi connectivity index (χ2v) is 7.49. The van der Waals surface area contributed by atoms with Crippen LogP contribution in [0.3, 0.4) is 0 Å². The van der Waals surface area contributed by atoms with Crippen LogP contribution in [0.15, 0.2) is 78.9 Å². The molecule has 1 aliphatic rings. The van der Waals surface area contributed by atoms with Gasteiger partial charge in [-0.2, -0.15) is 0 Å². The Balaban J connectivity index is 1.71. The summed E-state index contributed by atoms with van der Waals surface area (Å²) in [5.74, 6) is -2.15. The van der Waals surface area contributed by atoms with Crippen LogP contribution in [-0.4, -0.2) is 33.6 Å². The number of nitro groups is 1. The lowest BCUT2D eigenvalue weighted by Gasteiger charge is -2.28. The maximum absolute atomic E-state index is 13.4. The highest BCUT2D eigenvalue weighted by Crippen LogP contribution is 2.28. The Morgan fingerprint density at radius 1 is 1.03 bits per heavy atom. The van der Waals surface area contributed by atoms with E-state index in [2.05, 4.69) is 0 Å². The van der Waals surface area contributed by atoms with Crippen LogP contribution in [0, 0.1) is 15.9 Å². The number of amides is 3. The molecule has 9 heteroatoms. The van der Waals surface area contributed by atoms with Gasteiger partial charge in [0.25, 0.3) is 17.5 Å². The van der Waals surface area contributed by atoms with E-state index < -0.39 is 34.5 Å². The molecule has 3 amide bonds. The van der Waals surface area contributed by atoms with E-state index in [0.29, 0.717) is 11.3 Å². The summed E-state index contributed by atoms with van der Waals surface area (Å²) in [5.41, 5.74) is 0.653. The number of halogens is 1. The van der Waals surface area contributed by atoms with Gasteiger partial charge in [-0.25, -0.2) is 9.29 Å². The van der Waals surface area contributed by atoms with E-state index in [1.165, 1.54) is 47.4 Å². The van der Waals surface area contributed by atoms with Crippen molar-refractivity contribution in [1.29, 1.82) is 0 Å². The van der Waals surface area contributed by atoms with Gasteiger partial charge >= 0.3 is 0 Å². The second kappa shape index (κ2) is 8.99. The zero-order valence-corrected chi connectivity index (χ0v) is 17.3. The van der Waals surface area contributed by atoms with Crippen LogP contribution >= 0.6 is 0 Å². The average molecular weight is 447 g/mol. The molecular formula is C24H18FN3O5. The van der Waals surface area contributed by atoms with Crippen molar-refractivity contribution < 1.29 is 23.7 Å². The van der Waals surface area contributed by atoms with Crippen molar-refractivity contribution in [2.75, 3.05) is 4.90 Å². The van der Waals surface area contributed by atoms with Crippen LogP contribution in [0.5, 0.6) is 0 Å². The predicted molar refractivity (Wildman–Crippen MR) is 117 cm³/mol. The Morgan fingerprint density at radius 2 is 1.73 bits per heavy atom. The number of benzene rings is 3. The molecule has 0 saturated carbocycles. The third-order valence-electron chi connectivity index (χ3n) is 5.34. The lowest BCUT2D eigenvalue weighted by Crippen LogP contribution is -2.45. The monoisotopic (exact) mass is 447 g/mol. The topological polar surface area (TPSA) is 101 Å². The molecule has 33 heavy (non-hydrogen) atoms. The number of carbonyl (C=O) groups is 3. The Bertz CT molecular complexity index is 1230. The molecule has 1 saturated heterocycles. The van der Waals surface area contributed by atoms with E-state index in [1.54, 1.807) is 30.3 Å². The van der Waals surface area contributed by atoms with Gasteiger partial charge in [-0.3, -0.25) is 24.5 Å². The molecule has 0 radical (unpaired) electrons. The number of non-ortho nitro benzene ring substituents is 1. The van der Waals surface area contributed by atoms with Gasteiger partial charge in [-0.15, -0.1) is 0 Å². The summed E-state index contributed by atoms with van der Waals surface area (Å²) in [6, 6.07) is 17.8. The first-order valence-corrected chi connectivity index (χ1v) is 10.1. The number of carbonyl (C=O) groups excluding carboxylic acids is 3. The van der Waals surface area contributed by atoms with Crippen LogP contribution in [0.25, 0.3) is 0 Å². The van der Waals surface area contributed by atoms with Crippen molar-refractivity contribution in [3.8, 4) is 0 Å². The average Bonchev–Trinajstić information content (AvgIpc) is 3.12. The molecule has 3 aromatic carbocycles. The molecule has 0 aromatic heterocycles. The van der Waals surface area contributed by atoms with Gasteiger partial charge in [0.2, 0.25) is 5.91 Å². The number of para-hydroxylation sites is 1. The van der Waals surface area contributed by atoms with Crippen LogP contribution < -0.4 is 4.90 Å². The lowest BCUT2D eigenvalue weighted by molar-refractivity contribution is -0.384. The first-order valence-electron chi connectivity index (χ1n) is 10.1. The number of rotatable bonds is 6. The number of hydrogen-bond acceptors (Lipinski definition) is 5. The number of nitro benzene ring substituents is 1. The number of nitrogens with zero attached hydrogens (tertiary/aromatic N) is 3. The fourth-order valence-corrected chi connectivity index (χ4v) is 3.74. The summed E-state index contributed by atoms with van der Waals surface area (Å²) < 4.78 is 13.4. The molecule has 0 spiro atoms. The number of imide groups is 1. The SMILES string of the molecule is O=C1CC(N(Cc2ccc(F)cc2)C(=O)c2cccc([N+](=O)[O-])c2)C(=O)N1c1ccccc1. The van der Waals surface area contributed by atoms with Gasteiger partial charge in [-0.05, 0) is 35.9 Å². The highest BCUT2D eigenvalue weighted by atomic mass is 19.1. The molecule has 0 N–H and O–H groups in total. The Labute approximate surface area is 188 Å². The molecule has 4 rings (SSSR count). The minimum atomic E-state index is -1.12. The van der Waals surface area contributed by atoms with Gasteiger partial charge < -0.3 is 4.90 Å². The quantitative estimate of drug-likeness (QED) is 0.326. The van der Waals surface area contributed by atoms with Crippen LogP contribution in [0.4, 0.5) is 15.8 Å². The summed E-state index contributed by atoms with van der Waals surface area (Å²) in [6.45, 7) is -0.0892. The summed E-state index contributed by atoms with van der Waals surface area (Å²) in [5, 5.41) is 11.2. The van der Waals surface area contributed by atoms with E-state index in [0.717, 1.165) is 11.0 Å². The lowest BCUT2D eigenvalue weighted by atomic mass is 10.1. The molecule has 0 bridgehead atoms. The van der Waals surface area contributed by atoms with Crippen molar-refractivity contribution in [3.63, 3.8) is 0 Å². The van der Waals surface area contributed by atoms with E-state index in [4.69, 9.17) is 0 Å². The van der Waals surface area contributed by atoms with Crippen molar-refractivity contribution in [3.05, 3.63) is 106 Å². The van der Waals surface area contributed by atoms with Crippen molar-refractivity contribution in [1.82, 2.24) is 4.90 Å². The summed E-state index contributed by atoms with van der Waals surface area (Å²) in [6.07, 6.45) is -0.240. The first kappa shape index (κ1) is 21.8. The van der Waals surface area contributed by atoms with Crippen LogP contribution in [0.1, 0.15) is 22.3 Å². The second-order valence-electron chi connectivity index (χ2n) is 7.49. The smallest absolute Gasteiger partial charge is 0.270 e. The van der Waals surface area contributed by atoms with Crippen LogP contribution in [0.2, 0.25) is 0 Å². The highest BCUT2D eigenvalue weighted by molar-refractivity contribution is 6.23. The van der Waals surface area contributed by atoms with Gasteiger partial charge in [0.15, 0.2) is 0 Å². The zero-order valence-electron chi connectivity index (χ0n) is 17.3. The maximum Gasteiger partial charge on any atom is 0.270 e. The molecule has 166 valence electrons. The minimum absolute atomic E-state index is 0.00437. The molecule has 1 atom stereocenters. The minimum Gasteiger partial charge on any atom is -0.322 e. The zero-order chi connectivity index (χ0) is 23.5. The third kappa shape index (κ3) is 4.47. The molecule has 8 nitrogen and oxygen atoms in total. The fourth-order valence-electron chi connectivity index (χ4n) is 3.74. The standard InChI is InChI=1S/C24H18FN3O5/c25-18-11-9-16(10-12-18)15-26(23(30)17-5-4-8-20(13-17)28(32)33)21-14-22(29)27(24(21)31)19-6-2-1-3-7-19/h1-13,21H,14-15H2. The Hall–Kier alpha value is -4.40. The van der Waals surface area contributed by atoms with Crippen molar-refractivity contribution in [2.45, 2.75) is 19.0 Å². The summed E-state index contributed by atoms with van der Waals surface area (Å²) in [7, 11) is 0. The maximum atomic E-state index is 13.4. The van der Waals surface area contributed by atoms with Crippen LogP contribution in [-0.2, 0) is 16.1 Å². The molecule has 1 unspecified atom stereocenters. The number of anilines is 1. The largest absolute Gasteiger partial charge is 0.322 e. The summed E-state index contributed by atoms with van der Waals surface area (Å²) in [4.78, 5) is 52.2. The molecule has 0 aliphatic carbocycles. The molecular weight excluding hydrogens is 429 g/mol. The Kier molecular flexibility index (Phi) is 5.95. The molecule has 1 heterocycles. The molecule has 3 aromatic rings. The first-order chi connectivity index (χ1) is 15.8. The van der Waals surface area contributed by atoms with Gasteiger partial charge in [0, 0.05) is 24.2 Å². The third-order valence-corrected chi connectivity index (χ3v) is 5.34.